The van der Waals surface area contributed by atoms with E-state index in [1.807, 2.05) is 13.8 Å². The van der Waals surface area contributed by atoms with Crippen molar-refractivity contribution >= 4 is 11.6 Å². The third-order valence-electron chi connectivity index (χ3n) is 5.88. The number of rotatable bonds is 2. The lowest BCUT2D eigenvalue weighted by Crippen LogP contribution is -2.39. The van der Waals surface area contributed by atoms with Crippen LogP contribution in [0.15, 0.2) is 30.7 Å². The van der Waals surface area contributed by atoms with Crippen molar-refractivity contribution in [2.24, 2.45) is 7.05 Å². The van der Waals surface area contributed by atoms with Gasteiger partial charge in [-0.3, -0.25) is 9.48 Å². The Kier molecular flexibility index (Phi) is 4.54. The van der Waals surface area contributed by atoms with Crippen LogP contribution in [0.25, 0.3) is 16.9 Å². The molecule has 4 heterocycles. The molecule has 0 saturated heterocycles. The summed E-state index contributed by atoms with van der Waals surface area (Å²) in [7, 11) is 1.66. The van der Waals surface area contributed by atoms with Gasteiger partial charge < -0.3 is 4.90 Å². The molecule has 0 unspecified atom stereocenters. The first-order valence-corrected chi connectivity index (χ1v) is 10.1. The number of carbonyl (C=O) groups is 1. The Labute approximate surface area is 181 Å². The second-order valence-electron chi connectivity index (χ2n) is 7.97. The summed E-state index contributed by atoms with van der Waals surface area (Å²) in [6, 6.07) is 1.54. The SMILES string of the molecule is Cc1cnc2c(C(=O)N3CCc4c(nn(C)c4-c4cc(F)c(F)c(F)c4)[C@@H]3C)cnn2c1. The standard InChI is InChI=1S/C22H19F3N6O/c1-11-8-26-21-15(9-27-31(21)10-11)22(32)30-5-4-14-19(12(30)2)28-29(3)20(14)13-6-16(23)18(25)17(24)7-13/h6-10,12H,4-5H2,1-3H3/t12-/m0/s1. The lowest BCUT2D eigenvalue weighted by molar-refractivity contribution is 0.0675. The van der Waals surface area contributed by atoms with Crippen molar-refractivity contribution < 1.29 is 18.0 Å². The third kappa shape index (κ3) is 2.97. The Morgan fingerprint density at radius 2 is 1.88 bits per heavy atom. The highest BCUT2D eigenvalue weighted by molar-refractivity contribution is 6.00. The molecule has 164 valence electrons. The van der Waals surface area contributed by atoms with Gasteiger partial charge in [0.15, 0.2) is 23.1 Å². The summed E-state index contributed by atoms with van der Waals surface area (Å²) in [5.41, 5.74) is 3.90. The van der Waals surface area contributed by atoms with E-state index in [2.05, 4.69) is 15.2 Å². The molecular formula is C22H19F3N6O. The molecule has 0 fully saturated rings. The maximum absolute atomic E-state index is 13.8. The van der Waals surface area contributed by atoms with Crippen LogP contribution in [0.2, 0.25) is 0 Å². The minimum atomic E-state index is -1.51. The summed E-state index contributed by atoms with van der Waals surface area (Å²) in [6.07, 6.45) is 5.40. The van der Waals surface area contributed by atoms with E-state index in [9.17, 15) is 18.0 Å². The Morgan fingerprint density at radius 1 is 1.16 bits per heavy atom. The predicted octanol–water partition coefficient (Wildman–Crippen LogP) is 3.62. The molecule has 1 amide bonds. The van der Waals surface area contributed by atoms with Gasteiger partial charge in [0.05, 0.1) is 23.6 Å². The number of hydrogen-bond acceptors (Lipinski definition) is 4. The number of hydrogen-bond donors (Lipinski definition) is 0. The number of carbonyl (C=O) groups excluding carboxylic acids is 1. The van der Waals surface area contributed by atoms with Gasteiger partial charge in [-0.2, -0.15) is 10.2 Å². The van der Waals surface area contributed by atoms with Gasteiger partial charge >= 0.3 is 0 Å². The molecule has 1 aliphatic rings. The molecule has 10 heteroatoms. The first-order chi connectivity index (χ1) is 15.3. The Hall–Kier alpha value is -3.69. The molecule has 1 aromatic carbocycles. The number of benzene rings is 1. The highest BCUT2D eigenvalue weighted by Gasteiger charge is 2.34. The summed E-state index contributed by atoms with van der Waals surface area (Å²) < 4.78 is 44.2. The number of halogens is 3. The molecule has 0 spiro atoms. The van der Waals surface area contributed by atoms with Gasteiger partial charge in [-0.25, -0.2) is 22.7 Å². The van der Waals surface area contributed by atoms with Crippen LogP contribution in [-0.2, 0) is 13.5 Å². The normalized spacial score (nSPS) is 15.9. The van der Waals surface area contributed by atoms with E-state index >= 15 is 0 Å². The van der Waals surface area contributed by atoms with Crippen LogP contribution in [0.1, 0.15) is 40.1 Å². The van der Waals surface area contributed by atoms with Crippen LogP contribution >= 0.6 is 0 Å². The zero-order valence-electron chi connectivity index (χ0n) is 17.6. The van der Waals surface area contributed by atoms with Gasteiger partial charge in [0.2, 0.25) is 0 Å². The Balaban J connectivity index is 1.52. The summed E-state index contributed by atoms with van der Waals surface area (Å²) in [4.78, 5) is 19.3. The molecule has 4 aromatic rings. The fraction of sp³-hybridized carbons (Fsp3) is 0.273. The largest absolute Gasteiger partial charge is 0.330 e. The van der Waals surface area contributed by atoms with Gasteiger partial charge in [-0.15, -0.1) is 0 Å². The average molecular weight is 440 g/mol. The predicted molar refractivity (Wildman–Crippen MR) is 109 cm³/mol. The fourth-order valence-electron chi connectivity index (χ4n) is 4.35. The highest BCUT2D eigenvalue weighted by Crippen LogP contribution is 2.37. The molecule has 0 radical (unpaired) electrons. The van der Waals surface area contributed by atoms with Gasteiger partial charge in [0, 0.05) is 37.1 Å². The Morgan fingerprint density at radius 3 is 2.59 bits per heavy atom. The van der Waals surface area contributed by atoms with Gasteiger partial charge in [-0.05, 0) is 38.0 Å². The first-order valence-electron chi connectivity index (χ1n) is 10.1. The number of aryl methyl sites for hydroxylation is 2. The van der Waals surface area contributed by atoms with Crippen molar-refractivity contribution in [2.75, 3.05) is 6.54 Å². The number of fused-ring (bicyclic) bond motifs is 2. The summed E-state index contributed by atoms with van der Waals surface area (Å²) in [6.45, 7) is 4.12. The lowest BCUT2D eigenvalue weighted by Gasteiger charge is -2.32. The van der Waals surface area contributed by atoms with Crippen LogP contribution in [0.4, 0.5) is 13.2 Å². The van der Waals surface area contributed by atoms with E-state index in [4.69, 9.17) is 0 Å². The van der Waals surface area contributed by atoms with Gasteiger partial charge in [-0.1, -0.05) is 0 Å². The number of amides is 1. The maximum atomic E-state index is 13.8. The first kappa shape index (κ1) is 20.2. The molecule has 1 aliphatic heterocycles. The number of aromatic nitrogens is 5. The van der Waals surface area contributed by atoms with Crippen molar-refractivity contribution in [3.63, 3.8) is 0 Å². The summed E-state index contributed by atoms with van der Waals surface area (Å²) in [5, 5.41) is 8.76. The van der Waals surface area contributed by atoms with Crippen LogP contribution in [0.5, 0.6) is 0 Å². The van der Waals surface area contributed by atoms with Crippen molar-refractivity contribution in [3.8, 4) is 11.3 Å². The topological polar surface area (TPSA) is 68.3 Å². The van der Waals surface area contributed by atoms with Crippen molar-refractivity contribution in [3.05, 3.63) is 70.6 Å². The van der Waals surface area contributed by atoms with Crippen LogP contribution < -0.4 is 0 Å². The van der Waals surface area contributed by atoms with Crippen molar-refractivity contribution in [1.29, 1.82) is 0 Å². The van der Waals surface area contributed by atoms with Gasteiger partial charge in [0.1, 0.15) is 5.56 Å². The zero-order chi connectivity index (χ0) is 22.7. The number of nitrogens with zero attached hydrogens (tertiary/aromatic N) is 6. The van der Waals surface area contributed by atoms with Crippen LogP contribution in [0, 0.1) is 24.4 Å². The van der Waals surface area contributed by atoms with E-state index in [0.717, 1.165) is 23.3 Å². The average Bonchev–Trinajstić information content (AvgIpc) is 3.32. The van der Waals surface area contributed by atoms with Crippen molar-refractivity contribution in [2.45, 2.75) is 26.3 Å². The summed E-state index contributed by atoms with van der Waals surface area (Å²) in [5.74, 6) is -4.24. The second-order valence-corrected chi connectivity index (χ2v) is 7.97. The van der Waals surface area contributed by atoms with Crippen LogP contribution in [-0.4, -0.2) is 41.7 Å². The minimum Gasteiger partial charge on any atom is -0.330 e. The second kappa shape index (κ2) is 7.18. The zero-order valence-corrected chi connectivity index (χ0v) is 17.6. The molecule has 0 saturated carbocycles. The molecule has 0 bridgehead atoms. The molecule has 7 nitrogen and oxygen atoms in total. The van der Waals surface area contributed by atoms with Gasteiger partial charge in [0.25, 0.3) is 5.91 Å². The van der Waals surface area contributed by atoms with Crippen molar-refractivity contribution in [1.82, 2.24) is 29.3 Å². The maximum Gasteiger partial charge on any atom is 0.259 e. The molecule has 3 aromatic heterocycles. The Bertz CT molecular complexity index is 1370. The lowest BCUT2D eigenvalue weighted by atomic mass is 9.95. The smallest absolute Gasteiger partial charge is 0.259 e. The molecule has 1 atom stereocenters. The van der Waals surface area contributed by atoms with E-state index in [1.54, 1.807) is 28.9 Å². The molecule has 0 N–H and O–H groups in total. The van der Waals surface area contributed by atoms with Crippen LogP contribution in [0.3, 0.4) is 0 Å². The molecule has 0 aliphatic carbocycles. The molecule has 32 heavy (non-hydrogen) atoms. The monoisotopic (exact) mass is 440 g/mol. The van der Waals surface area contributed by atoms with E-state index in [0.29, 0.717) is 35.6 Å². The molecule has 5 rings (SSSR count). The molecular weight excluding hydrogens is 421 g/mol. The van der Waals surface area contributed by atoms with E-state index in [-0.39, 0.29) is 17.5 Å². The third-order valence-corrected chi connectivity index (χ3v) is 5.88. The summed E-state index contributed by atoms with van der Waals surface area (Å²) >= 11 is 0. The highest BCUT2D eigenvalue weighted by atomic mass is 19.2. The van der Waals surface area contributed by atoms with E-state index in [1.165, 1.54) is 10.9 Å². The fourth-order valence-corrected chi connectivity index (χ4v) is 4.35. The quantitative estimate of drug-likeness (QED) is 0.447. The minimum absolute atomic E-state index is 0.201. The van der Waals surface area contributed by atoms with E-state index < -0.39 is 17.5 Å².